The molecule has 2 aromatic carbocycles. The van der Waals surface area contributed by atoms with Crippen LogP contribution >= 0.6 is 0 Å². The van der Waals surface area contributed by atoms with Crippen molar-refractivity contribution in [2.75, 3.05) is 10.6 Å². The average molecular weight is 276 g/mol. The highest BCUT2D eigenvalue weighted by Gasteiger charge is 2.17. The molecule has 2 rings (SSSR count). The van der Waals surface area contributed by atoms with Crippen molar-refractivity contribution in [3.05, 3.63) is 60.2 Å². The molecule has 5 heteroatoms. The summed E-state index contributed by atoms with van der Waals surface area (Å²) in [6, 6.07) is 11.6. The van der Waals surface area contributed by atoms with E-state index >= 15 is 0 Å². The molecule has 0 fully saturated rings. The van der Waals surface area contributed by atoms with Gasteiger partial charge in [0.15, 0.2) is 0 Å². The van der Waals surface area contributed by atoms with Gasteiger partial charge in [0, 0.05) is 5.69 Å². The Bertz CT molecular complexity index is 582. The second-order valence-electron chi connectivity index (χ2n) is 4.32. The Labute approximate surface area is 115 Å². The van der Waals surface area contributed by atoms with E-state index in [0.29, 0.717) is 5.69 Å². The van der Waals surface area contributed by atoms with Gasteiger partial charge in [-0.25, -0.2) is 8.78 Å². The first-order valence-electron chi connectivity index (χ1n) is 6.14. The van der Waals surface area contributed by atoms with Gasteiger partial charge in [0.25, 0.3) is 0 Å². The maximum atomic E-state index is 13.5. The third kappa shape index (κ3) is 3.32. The molecular weight excluding hydrogens is 262 g/mol. The summed E-state index contributed by atoms with van der Waals surface area (Å²) < 4.78 is 26.9. The van der Waals surface area contributed by atoms with Crippen molar-refractivity contribution in [3.63, 3.8) is 0 Å². The minimum absolute atomic E-state index is 0.303. The second kappa shape index (κ2) is 6.14. The van der Waals surface area contributed by atoms with E-state index in [9.17, 15) is 13.6 Å². The molecule has 0 heterocycles. The molecule has 104 valence electrons. The topological polar surface area (TPSA) is 41.1 Å². The monoisotopic (exact) mass is 276 g/mol. The number of rotatable bonds is 4. The van der Waals surface area contributed by atoms with Crippen LogP contribution in [-0.4, -0.2) is 11.9 Å². The second-order valence-corrected chi connectivity index (χ2v) is 4.32. The first kappa shape index (κ1) is 14.0. The zero-order valence-electron chi connectivity index (χ0n) is 10.9. The molecule has 0 bridgehead atoms. The molecule has 0 saturated carbocycles. The molecule has 0 aliphatic carbocycles. The van der Waals surface area contributed by atoms with Gasteiger partial charge in [-0.1, -0.05) is 24.3 Å². The number of hydrogen-bond acceptors (Lipinski definition) is 2. The molecule has 0 aliphatic heterocycles. The number of carbonyl (C=O) groups is 1. The Morgan fingerprint density at radius 3 is 2.20 bits per heavy atom. The number of carbonyl (C=O) groups excluding carboxylic acids is 1. The van der Waals surface area contributed by atoms with Crippen LogP contribution in [0.1, 0.15) is 6.92 Å². The van der Waals surface area contributed by atoms with Crippen LogP contribution in [0.3, 0.4) is 0 Å². The molecule has 0 aliphatic rings. The molecule has 0 saturated heterocycles. The standard InChI is InChI=1S/C15H14F2N2O/c1-10(15(20)19-11-6-3-2-4-7-11)18-14-12(16)8-5-9-13(14)17/h2-10,18H,1H3,(H,19,20). The smallest absolute Gasteiger partial charge is 0.246 e. The molecule has 1 amide bonds. The van der Waals surface area contributed by atoms with Crippen molar-refractivity contribution in [3.8, 4) is 0 Å². The summed E-state index contributed by atoms with van der Waals surface area (Å²) in [4.78, 5) is 11.9. The third-order valence-electron chi connectivity index (χ3n) is 2.76. The average Bonchev–Trinajstić information content (AvgIpc) is 2.44. The number of para-hydroxylation sites is 2. The van der Waals surface area contributed by atoms with E-state index in [-0.39, 0.29) is 11.6 Å². The number of amides is 1. The number of halogens is 2. The lowest BCUT2D eigenvalue weighted by atomic mass is 10.2. The van der Waals surface area contributed by atoms with Crippen LogP contribution in [0, 0.1) is 11.6 Å². The summed E-state index contributed by atoms with van der Waals surface area (Å²) in [5.41, 5.74) is 0.323. The Balaban J connectivity index is 2.05. The van der Waals surface area contributed by atoms with Crippen LogP contribution in [0.4, 0.5) is 20.2 Å². The normalized spacial score (nSPS) is 11.8. The van der Waals surface area contributed by atoms with Gasteiger partial charge >= 0.3 is 0 Å². The number of nitrogens with one attached hydrogen (secondary N) is 2. The Morgan fingerprint density at radius 1 is 1.00 bits per heavy atom. The summed E-state index contributed by atoms with van der Waals surface area (Å²) in [7, 11) is 0. The molecule has 1 unspecified atom stereocenters. The third-order valence-corrected chi connectivity index (χ3v) is 2.76. The minimum atomic E-state index is -0.776. The van der Waals surface area contributed by atoms with E-state index in [1.54, 1.807) is 24.3 Å². The van der Waals surface area contributed by atoms with Gasteiger partial charge in [0.2, 0.25) is 5.91 Å². The van der Waals surface area contributed by atoms with Crippen molar-refractivity contribution in [1.29, 1.82) is 0 Å². The molecule has 20 heavy (non-hydrogen) atoms. The molecule has 3 nitrogen and oxygen atoms in total. The highest BCUT2D eigenvalue weighted by atomic mass is 19.1. The number of hydrogen-bond donors (Lipinski definition) is 2. The Hall–Kier alpha value is -2.43. The van der Waals surface area contributed by atoms with Gasteiger partial charge in [-0.2, -0.15) is 0 Å². The van der Waals surface area contributed by atoms with Crippen molar-refractivity contribution in [2.24, 2.45) is 0 Å². The van der Waals surface area contributed by atoms with Crippen LogP contribution in [0.15, 0.2) is 48.5 Å². The van der Waals surface area contributed by atoms with Gasteiger partial charge < -0.3 is 10.6 Å². The SMILES string of the molecule is CC(Nc1c(F)cccc1F)C(=O)Nc1ccccc1. The van der Waals surface area contributed by atoms with Crippen LogP contribution in [0.25, 0.3) is 0 Å². The van der Waals surface area contributed by atoms with Crippen molar-refractivity contribution < 1.29 is 13.6 Å². The van der Waals surface area contributed by atoms with Crippen molar-refractivity contribution >= 4 is 17.3 Å². The zero-order valence-corrected chi connectivity index (χ0v) is 10.9. The fourth-order valence-electron chi connectivity index (χ4n) is 1.69. The van der Waals surface area contributed by atoms with E-state index in [4.69, 9.17) is 0 Å². The van der Waals surface area contributed by atoms with Gasteiger partial charge in [0.1, 0.15) is 23.4 Å². The minimum Gasteiger partial charge on any atom is -0.369 e. The molecule has 0 radical (unpaired) electrons. The summed E-state index contributed by atoms with van der Waals surface area (Å²) in [5.74, 6) is -1.84. The van der Waals surface area contributed by atoms with E-state index in [2.05, 4.69) is 10.6 Å². The largest absolute Gasteiger partial charge is 0.369 e. The fraction of sp³-hybridized carbons (Fsp3) is 0.133. The Kier molecular flexibility index (Phi) is 4.30. The maximum absolute atomic E-state index is 13.5. The summed E-state index contributed by atoms with van der Waals surface area (Å²) >= 11 is 0. The van der Waals surface area contributed by atoms with E-state index in [1.165, 1.54) is 13.0 Å². The number of benzene rings is 2. The van der Waals surface area contributed by atoms with E-state index < -0.39 is 17.7 Å². The molecule has 1 atom stereocenters. The van der Waals surface area contributed by atoms with Gasteiger partial charge in [-0.15, -0.1) is 0 Å². The molecule has 2 aromatic rings. The van der Waals surface area contributed by atoms with E-state index in [0.717, 1.165) is 12.1 Å². The quantitative estimate of drug-likeness (QED) is 0.898. The lowest BCUT2D eigenvalue weighted by Crippen LogP contribution is -2.32. The fourth-order valence-corrected chi connectivity index (χ4v) is 1.69. The highest BCUT2D eigenvalue weighted by Crippen LogP contribution is 2.19. The first-order valence-corrected chi connectivity index (χ1v) is 6.14. The van der Waals surface area contributed by atoms with Crippen molar-refractivity contribution in [1.82, 2.24) is 0 Å². The van der Waals surface area contributed by atoms with Crippen LogP contribution in [-0.2, 0) is 4.79 Å². The lowest BCUT2D eigenvalue weighted by Gasteiger charge is -2.16. The molecule has 0 spiro atoms. The van der Waals surface area contributed by atoms with E-state index in [1.807, 2.05) is 6.07 Å². The Morgan fingerprint density at radius 2 is 1.60 bits per heavy atom. The van der Waals surface area contributed by atoms with Gasteiger partial charge in [-0.3, -0.25) is 4.79 Å². The van der Waals surface area contributed by atoms with Gasteiger partial charge in [0.05, 0.1) is 0 Å². The zero-order chi connectivity index (χ0) is 14.5. The maximum Gasteiger partial charge on any atom is 0.246 e. The van der Waals surface area contributed by atoms with Crippen LogP contribution < -0.4 is 10.6 Å². The summed E-state index contributed by atoms with van der Waals surface area (Å²) in [6.45, 7) is 1.53. The van der Waals surface area contributed by atoms with Crippen molar-refractivity contribution in [2.45, 2.75) is 13.0 Å². The molecule has 0 aromatic heterocycles. The molecular formula is C15H14F2N2O. The predicted molar refractivity (Wildman–Crippen MR) is 74.5 cm³/mol. The predicted octanol–water partition coefficient (Wildman–Crippen LogP) is 3.40. The van der Waals surface area contributed by atoms with Crippen LogP contribution in [0.2, 0.25) is 0 Å². The summed E-state index contributed by atoms with van der Waals surface area (Å²) in [6.07, 6.45) is 0. The summed E-state index contributed by atoms with van der Waals surface area (Å²) in [5, 5.41) is 5.19. The highest BCUT2D eigenvalue weighted by molar-refractivity contribution is 5.96. The van der Waals surface area contributed by atoms with Gasteiger partial charge in [-0.05, 0) is 31.2 Å². The lowest BCUT2D eigenvalue weighted by molar-refractivity contribution is -0.116. The number of anilines is 2. The molecule has 2 N–H and O–H groups in total. The first-order chi connectivity index (χ1) is 9.58. The van der Waals surface area contributed by atoms with Crippen LogP contribution in [0.5, 0.6) is 0 Å².